The van der Waals surface area contributed by atoms with E-state index in [0.29, 0.717) is 0 Å². The highest BCUT2D eigenvalue weighted by Gasteiger charge is 2.29. The molecule has 0 atom stereocenters. The van der Waals surface area contributed by atoms with Gasteiger partial charge in [-0.25, -0.2) is 13.4 Å². The molecule has 16 heavy (non-hydrogen) atoms. The number of ether oxygens (including phenoxy) is 1. The monoisotopic (exact) mass is 239 g/mol. The van der Waals surface area contributed by atoms with Crippen LogP contribution < -0.4 is 4.74 Å². The average molecular weight is 239 g/mol. The molecule has 1 aliphatic rings. The Labute approximate surface area is 92.6 Å². The van der Waals surface area contributed by atoms with Crippen LogP contribution in [0.2, 0.25) is 0 Å². The minimum Gasteiger partial charge on any atom is -0.504 e. The molecule has 0 spiro atoms. The van der Waals surface area contributed by atoms with Crippen molar-refractivity contribution in [2.75, 3.05) is 0 Å². The first-order valence-electron chi connectivity index (χ1n) is 4.47. The number of aliphatic imine (C=N–C) groups is 1. The zero-order chi connectivity index (χ0) is 11.8. The maximum atomic E-state index is 11.6. The largest absolute Gasteiger partial charge is 0.504 e. The molecule has 2 rings (SSSR count). The van der Waals surface area contributed by atoms with Gasteiger partial charge < -0.3 is 9.84 Å². The molecule has 0 fully saturated rings. The molecule has 0 aromatic heterocycles. The smallest absolute Gasteiger partial charge is 0.320 e. The zero-order valence-electron chi connectivity index (χ0n) is 8.41. The predicted molar refractivity (Wildman–Crippen MR) is 58.8 cm³/mol. The van der Waals surface area contributed by atoms with Crippen molar-refractivity contribution in [2.45, 2.75) is 6.92 Å². The van der Waals surface area contributed by atoms with Crippen molar-refractivity contribution >= 4 is 15.1 Å². The molecule has 1 aliphatic heterocycles. The topological polar surface area (TPSA) is 76.0 Å². The van der Waals surface area contributed by atoms with Crippen LogP contribution in [0.1, 0.15) is 6.92 Å². The number of rotatable bonds is 1. The Morgan fingerprint density at radius 2 is 2.00 bits per heavy atom. The molecule has 1 heterocycles. The minimum atomic E-state index is -3.60. The van der Waals surface area contributed by atoms with Crippen LogP contribution in [-0.2, 0) is 9.84 Å². The summed E-state index contributed by atoms with van der Waals surface area (Å²) in [6, 6.07) is 6.09. The fourth-order valence-electron chi connectivity index (χ4n) is 1.14. The van der Waals surface area contributed by atoms with Crippen molar-refractivity contribution in [3.8, 4) is 11.5 Å². The van der Waals surface area contributed by atoms with Gasteiger partial charge in [-0.3, -0.25) is 0 Å². The molecule has 0 amide bonds. The second kappa shape index (κ2) is 3.64. The Morgan fingerprint density at radius 1 is 1.31 bits per heavy atom. The van der Waals surface area contributed by atoms with Gasteiger partial charge in [0, 0.05) is 6.20 Å². The lowest BCUT2D eigenvalue weighted by Gasteiger charge is -2.06. The average Bonchev–Trinajstić information content (AvgIpc) is 2.48. The standard InChI is InChI=1S/C10H9NO4S/c1-7-6-11-10(16(7,13)14)15-9-5-3-2-4-8(9)12/h2-6,12H,1H3. The lowest BCUT2D eigenvalue weighted by atomic mass is 10.3. The summed E-state index contributed by atoms with van der Waals surface area (Å²) in [6.07, 6.45) is 1.21. The van der Waals surface area contributed by atoms with Gasteiger partial charge in [0.05, 0.1) is 4.91 Å². The van der Waals surface area contributed by atoms with E-state index in [4.69, 9.17) is 4.74 Å². The van der Waals surface area contributed by atoms with Crippen molar-refractivity contribution in [1.82, 2.24) is 0 Å². The van der Waals surface area contributed by atoms with Gasteiger partial charge in [0.1, 0.15) is 0 Å². The number of sulfone groups is 1. The molecule has 84 valence electrons. The van der Waals surface area contributed by atoms with Gasteiger partial charge in [-0.1, -0.05) is 12.1 Å². The molecule has 5 nitrogen and oxygen atoms in total. The van der Waals surface area contributed by atoms with Gasteiger partial charge in [-0.05, 0) is 19.1 Å². The second-order valence-electron chi connectivity index (χ2n) is 3.21. The first kappa shape index (κ1) is 10.7. The number of phenolic OH excluding ortho intramolecular Hbond substituents is 1. The van der Waals surface area contributed by atoms with E-state index < -0.39 is 15.1 Å². The Bertz CT molecular complexity index is 587. The van der Waals surface area contributed by atoms with E-state index in [9.17, 15) is 13.5 Å². The van der Waals surface area contributed by atoms with E-state index in [2.05, 4.69) is 4.99 Å². The third-order valence-electron chi connectivity index (χ3n) is 2.07. The van der Waals surface area contributed by atoms with Crippen LogP contribution in [-0.4, -0.2) is 18.8 Å². The van der Waals surface area contributed by atoms with Crippen molar-refractivity contribution in [2.24, 2.45) is 4.99 Å². The maximum absolute atomic E-state index is 11.6. The van der Waals surface area contributed by atoms with E-state index in [1.165, 1.54) is 25.3 Å². The zero-order valence-corrected chi connectivity index (χ0v) is 9.23. The summed E-state index contributed by atoms with van der Waals surface area (Å²) in [7, 11) is -3.60. The molecular weight excluding hydrogens is 230 g/mol. The molecule has 0 aliphatic carbocycles. The number of allylic oxidation sites excluding steroid dienone is 1. The first-order chi connectivity index (χ1) is 7.51. The molecule has 0 saturated heterocycles. The molecule has 0 radical (unpaired) electrons. The highest BCUT2D eigenvalue weighted by Crippen LogP contribution is 2.27. The minimum absolute atomic E-state index is 0.0629. The molecule has 1 N–H and O–H groups in total. The fraction of sp³-hybridized carbons (Fsp3) is 0.100. The maximum Gasteiger partial charge on any atom is 0.320 e. The number of phenols is 1. The van der Waals surface area contributed by atoms with E-state index in [0.717, 1.165) is 0 Å². The van der Waals surface area contributed by atoms with Gasteiger partial charge in [-0.15, -0.1) is 0 Å². The summed E-state index contributed by atoms with van der Waals surface area (Å²) in [5.74, 6) is -0.0714. The van der Waals surface area contributed by atoms with E-state index in [1.807, 2.05) is 0 Å². The first-order valence-corrected chi connectivity index (χ1v) is 5.95. The van der Waals surface area contributed by atoms with Gasteiger partial charge >= 0.3 is 5.23 Å². The Balaban J connectivity index is 2.30. The Kier molecular flexibility index (Phi) is 2.43. The van der Waals surface area contributed by atoms with E-state index in [-0.39, 0.29) is 16.4 Å². The van der Waals surface area contributed by atoms with Gasteiger partial charge in [0.15, 0.2) is 11.5 Å². The molecule has 1 aromatic carbocycles. The van der Waals surface area contributed by atoms with Crippen LogP contribution in [0.4, 0.5) is 0 Å². The molecule has 0 unspecified atom stereocenters. The molecule has 1 aromatic rings. The van der Waals surface area contributed by atoms with Gasteiger partial charge in [-0.2, -0.15) is 0 Å². The quantitative estimate of drug-likeness (QED) is 0.804. The summed E-state index contributed by atoms with van der Waals surface area (Å²) >= 11 is 0. The Morgan fingerprint density at radius 3 is 2.56 bits per heavy atom. The highest BCUT2D eigenvalue weighted by atomic mass is 32.2. The van der Waals surface area contributed by atoms with Crippen molar-refractivity contribution in [3.63, 3.8) is 0 Å². The SMILES string of the molecule is CC1=CN=C(Oc2ccccc2O)S1(=O)=O. The molecule has 6 heteroatoms. The highest BCUT2D eigenvalue weighted by molar-refractivity contribution is 8.09. The van der Waals surface area contributed by atoms with Crippen LogP contribution in [0.5, 0.6) is 11.5 Å². The van der Waals surface area contributed by atoms with E-state index >= 15 is 0 Å². The van der Waals surface area contributed by atoms with Crippen molar-refractivity contribution < 1.29 is 18.3 Å². The van der Waals surface area contributed by atoms with Crippen LogP contribution >= 0.6 is 0 Å². The van der Waals surface area contributed by atoms with Crippen LogP contribution in [0.25, 0.3) is 0 Å². The normalized spacial score (nSPS) is 17.8. The predicted octanol–water partition coefficient (Wildman–Crippen LogP) is 1.42. The number of benzene rings is 1. The third kappa shape index (κ3) is 1.67. The van der Waals surface area contributed by atoms with E-state index in [1.54, 1.807) is 12.1 Å². The number of hydrogen-bond donors (Lipinski definition) is 1. The van der Waals surface area contributed by atoms with Crippen molar-refractivity contribution in [3.05, 3.63) is 35.4 Å². The second-order valence-corrected chi connectivity index (χ2v) is 5.21. The van der Waals surface area contributed by atoms with Crippen LogP contribution in [0, 0.1) is 0 Å². The third-order valence-corrected chi connectivity index (χ3v) is 3.67. The molecule has 0 bridgehead atoms. The van der Waals surface area contributed by atoms with Crippen LogP contribution in [0.3, 0.4) is 0 Å². The fourth-order valence-corrected chi connectivity index (χ4v) is 2.00. The molecular formula is C10H9NO4S. The molecule has 0 saturated carbocycles. The number of nitrogens with zero attached hydrogens (tertiary/aromatic N) is 1. The lowest BCUT2D eigenvalue weighted by molar-refractivity contribution is 0.436. The summed E-state index contributed by atoms with van der Waals surface area (Å²) in [5.41, 5.74) is 0. The van der Waals surface area contributed by atoms with Gasteiger partial charge in [0.25, 0.3) is 9.84 Å². The van der Waals surface area contributed by atoms with Crippen molar-refractivity contribution in [1.29, 1.82) is 0 Å². The van der Waals surface area contributed by atoms with Crippen LogP contribution in [0.15, 0.2) is 40.4 Å². The van der Waals surface area contributed by atoms with Gasteiger partial charge in [0.2, 0.25) is 0 Å². The lowest BCUT2D eigenvalue weighted by Crippen LogP contribution is -2.18. The summed E-state index contributed by atoms with van der Waals surface area (Å²) < 4.78 is 28.3. The number of para-hydroxylation sites is 2. The number of hydrogen-bond acceptors (Lipinski definition) is 5. The summed E-state index contributed by atoms with van der Waals surface area (Å²) in [6.45, 7) is 1.43. The summed E-state index contributed by atoms with van der Waals surface area (Å²) in [5, 5.41) is 9.00. The number of aromatic hydroxyl groups is 1. The Hall–Kier alpha value is -1.82. The summed E-state index contributed by atoms with van der Waals surface area (Å²) in [4.78, 5) is 3.76.